The number of methoxy groups -OCH3 is 2. The minimum absolute atomic E-state index is 0.108. The van der Waals surface area contributed by atoms with Crippen LogP contribution in [0.5, 0.6) is 23.0 Å². The molecule has 1 aliphatic heterocycles. The number of alkyl halides is 3. The van der Waals surface area contributed by atoms with Crippen LogP contribution in [0.1, 0.15) is 16.1 Å². The second-order valence-corrected chi connectivity index (χ2v) is 8.74. The number of fused-ring (bicyclic) bond motifs is 1. The summed E-state index contributed by atoms with van der Waals surface area (Å²) in [7, 11) is 3.18. The van der Waals surface area contributed by atoms with E-state index in [0.717, 1.165) is 26.9 Å². The summed E-state index contributed by atoms with van der Waals surface area (Å²) in [6, 6.07) is 9.91. The molecule has 0 saturated heterocycles. The van der Waals surface area contributed by atoms with Crippen molar-refractivity contribution in [2.75, 3.05) is 27.4 Å². The topological polar surface area (TPSA) is 78.5 Å². The van der Waals surface area contributed by atoms with Crippen LogP contribution in [0.3, 0.4) is 0 Å². The Labute approximate surface area is 208 Å². The molecule has 3 aromatic heterocycles. The predicted molar refractivity (Wildman–Crippen MR) is 130 cm³/mol. The van der Waals surface area contributed by atoms with Gasteiger partial charge in [-0.05, 0) is 42.0 Å². The van der Waals surface area contributed by atoms with Crippen LogP contribution in [-0.2, 0) is 6.18 Å². The Bertz CT molecular complexity index is 1430. The third kappa shape index (κ3) is 4.61. The smallest absolute Gasteiger partial charge is 0.432 e. The number of aromatic nitrogens is 3. The third-order valence-corrected chi connectivity index (χ3v) is 6.59. The molecule has 1 N–H and O–H groups in total. The Balaban J connectivity index is 1.48. The van der Waals surface area contributed by atoms with E-state index in [-0.39, 0.29) is 5.69 Å². The summed E-state index contributed by atoms with van der Waals surface area (Å²) in [5.74, 6) is 2.58. The highest BCUT2D eigenvalue weighted by molar-refractivity contribution is 7.17. The number of ether oxygens (including phenoxy) is 4. The number of thiophene rings is 1. The second kappa shape index (κ2) is 9.57. The van der Waals surface area contributed by atoms with Crippen molar-refractivity contribution < 1.29 is 32.1 Å². The van der Waals surface area contributed by atoms with Gasteiger partial charge < -0.3 is 18.9 Å². The Morgan fingerprint density at radius 3 is 2.50 bits per heavy atom. The highest BCUT2D eigenvalue weighted by Crippen LogP contribution is 2.52. The molecular weight excluding hydrogens is 495 g/mol. The first kappa shape index (κ1) is 23.7. The molecule has 4 aromatic rings. The fourth-order valence-electron chi connectivity index (χ4n) is 3.71. The number of nitrogens with one attached hydrogen (secondary N) is 1. The van der Waals surface area contributed by atoms with E-state index in [1.54, 1.807) is 32.4 Å². The number of hydrogen-bond acceptors (Lipinski definition) is 7. The maximum atomic E-state index is 12.9. The molecule has 36 heavy (non-hydrogen) atoms. The molecule has 0 aliphatic carbocycles. The summed E-state index contributed by atoms with van der Waals surface area (Å²) in [4.78, 5) is 5.84. The van der Waals surface area contributed by atoms with E-state index in [9.17, 15) is 13.2 Å². The van der Waals surface area contributed by atoms with Crippen molar-refractivity contribution in [1.82, 2.24) is 15.2 Å². The largest absolute Gasteiger partial charge is 0.497 e. The van der Waals surface area contributed by atoms with E-state index in [2.05, 4.69) is 10.1 Å². The van der Waals surface area contributed by atoms with Gasteiger partial charge in [-0.2, -0.15) is 18.3 Å². The van der Waals surface area contributed by atoms with E-state index in [1.807, 2.05) is 29.4 Å². The molecule has 0 fully saturated rings. The predicted octanol–water partition coefficient (Wildman–Crippen LogP) is 6.18. The number of nitrogens with zero attached hydrogens (tertiary/aromatic N) is 2. The van der Waals surface area contributed by atoms with Crippen LogP contribution in [-0.4, -0.2) is 42.6 Å². The molecule has 7 nitrogen and oxygen atoms in total. The van der Waals surface area contributed by atoms with Crippen LogP contribution < -0.4 is 18.9 Å². The number of pyridine rings is 1. The van der Waals surface area contributed by atoms with E-state index < -0.39 is 11.9 Å². The van der Waals surface area contributed by atoms with Gasteiger partial charge in [-0.25, -0.2) is 0 Å². The number of rotatable bonds is 6. The summed E-state index contributed by atoms with van der Waals surface area (Å²) in [5.41, 5.74) is 1.08. The lowest BCUT2D eigenvalue weighted by atomic mass is 10.1. The number of H-pyrrole nitrogens is 1. The quantitative estimate of drug-likeness (QED) is 0.331. The Morgan fingerprint density at radius 1 is 0.972 bits per heavy atom. The van der Waals surface area contributed by atoms with E-state index in [1.165, 1.54) is 17.5 Å². The van der Waals surface area contributed by atoms with Gasteiger partial charge in [0.15, 0.2) is 11.5 Å². The summed E-state index contributed by atoms with van der Waals surface area (Å²) in [5, 5.41) is 5.76. The number of aromatic amines is 1. The lowest BCUT2D eigenvalue weighted by Crippen LogP contribution is -2.14. The Kier molecular flexibility index (Phi) is 6.31. The molecule has 0 amide bonds. The van der Waals surface area contributed by atoms with Crippen LogP contribution in [0.2, 0.25) is 0 Å². The molecule has 11 heteroatoms. The maximum Gasteiger partial charge on any atom is 0.432 e. The standard InChI is InChI=1S/C25H20F3N3O4S/c1-32-15-4-5-16(19(12-15)33-2)24-23-22(34-9-10-35-23)20(36-24)6-3-14-7-8-29-17(11-14)18-13-21(31-30-18)25(26,27)28/h3-8,11-13H,9-10H2,1-2H3,(H,30,31)/b6-3+. The summed E-state index contributed by atoms with van der Waals surface area (Å²) in [6.07, 6.45) is 0.728. The minimum atomic E-state index is -4.51. The minimum Gasteiger partial charge on any atom is -0.497 e. The highest BCUT2D eigenvalue weighted by atomic mass is 32.1. The molecule has 1 aliphatic rings. The third-order valence-electron chi connectivity index (χ3n) is 5.43. The van der Waals surface area contributed by atoms with E-state index in [4.69, 9.17) is 18.9 Å². The van der Waals surface area contributed by atoms with Crippen molar-refractivity contribution in [3.8, 4) is 44.8 Å². The van der Waals surface area contributed by atoms with Crippen molar-refractivity contribution in [3.63, 3.8) is 0 Å². The van der Waals surface area contributed by atoms with Gasteiger partial charge in [-0.1, -0.05) is 6.08 Å². The van der Waals surface area contributed by atoms with Gasteiger partial charge in [0.05, 0.1) is 29.7 Å². The zero-order valence-corrected chi connectivity index (χ0v) is 20.0. The first-order valence-electron chi connectivity index (χ1n) is 10.8. The highest BCUT2D eigenvalue weighted by Gasteiger charge is 2.33. The molecule has 1 aromatic carbocycles. The molecule has 0 spiro atoms. The van der Waals surface area contributed by atoms with Gasteiger partial charge in [-0.3, -0.25) is 10.1 Å². The normalized spacial score (nSPS) is 13.2. The van der Waals surface area contributed by atoms with Gasteiger partial charge in [0.2, 0.25) is 0 Å². The lowest BCUT2D eigenvalue weighted by Gasteiger charge is -2.17. The van der Waals surface area contributed by atoms with Crippen molar-refractivity contribution in [2.45, 2.75) is 6.18 Å². The lowest BCUT2D eigenvalue weighted by molar-refractivity contribution is -0.141. The van der Waals surface area contributed by atoms with E-state index >= 15 is 0 Å². The van der Waals surface area contributed by atoms with Gasteiger partial charge in [0.25, 0.3) is 0 Å². The number of hydrogen-bond donors (Lipinski definition) is 1. The van der Waals surface area contributed by atoms with Crippen LogP contribution >= 0.6 is 11.3 Å². The first-order chi connectivity index (χ1) is 17.4. The summed E-state index contributed by atoms with van der Waals surface area (Å²) < 4.78 is 61.5. The van der Waals surface area contributed by atoms with Crippen molar-refractivity contribution in [2.24, 2.45) is 0 Å². The van der Waals surface area contributed by atoms with Crippen LogP contribution in [0.25, 0.3) is 34.0 Å². The molecule has 0 saturated carbocycles. The average Bonchev–Trinajstić information content (AvgIpc) is 3.53. The Morgan fingerprint density at radius 2 is 1.78 bits per heavy atom. The van der Waals surface area contributed by atoms with Crippen molar-refractivity contribution in [1.29, 1.82) is 0 Å². The molecule has 4 heterocycles. The average molecular weight is 516 g/mol. The second-order valence-electron chi connectivity index (χ2n) is 7.69. The summed E-state index contributed by atoms with van der Waals surface area (Å²) in [6.45, 7) is 0.847. The van der Waals surface area contributed by atoms with Crippen LogP contribution in [0.15, 0.2) is 42.6 Å². The molecular formula is C25H20F3N3O4S. The maximum absolute atomic E-state index is 12.9. The fourth-order valence-corrected chi connectivity index (χ4v) is 4.83. The van der Waals surface area contributed by atoms with Crippen LogP contribution in [0, 0.1) is 0 Å². The van der Waals surface area contributed by atoms with Crippen molar-refractivity contribution in [3.05, 3.63) is 58.7 Å². The molecule has 186 valence electrons. The van der Waals surface area contributed by atoms with Crippen molar-refractivity contribution >= 4 is 23.5 Å². The van der Waals surface area contributed by atoms with Gasteiger partial charge in [0.1, 0.15) is 36.1 Å². The van der Waals surface area contributed by atoms with Gasteiger partial charge in [0, 0.05) is 17.8 Å². The Hall–Kier alpha value is -3.99. The van der Waals surface area contributed by atoms with Gasteiger partial charge >= 0.3 is 6.18 Å². The first-order valence-corrected chi connectivity index (χ1v) is 11.6. The molecule has 0 atom stereocenters. The zero-order valence-electron chi connectivity index (χ0n) is 19.2. The number of halogens is 3. The molecule has 0 radical (unpaired) electrons. The SMILES string of the molecule is COc1ccc(-c2sc(/C=C/c3ccnc(-c4cc(C(F)(F)F)[nH]n4)c3)c3c2OCCO3)c(OC)c1. The summed E-state index contributed by atoms with van der Waals surface area (Å²) >= 11 is 1.48. The number of benzene rings is 1. The van der Waals surface area contributed by atoms with Crippen LogP contribution in [0.4, 0.5) is 13.2 Å². The molecule has 0 bridgehead atoms. The monoisotopic (exact) mass is 515 g/mol. The van der Waals surface area contributed by atoms with Gasteiger partial charge in [-0.15, -0.1) is 11.3 Å². The van der Waals surface area contributed by atoms with E-state index in [0.29, 0.717) is 41.9 Å². The zero-order chi connectivity index (χ0) is 25.3. The molecule has 0 unspecified atom stereocenters. The molecule has 5 rings (SSSR count). The fraction of sp³-hybridized carbons (Fsp3) is 0.200.